The van der Waals surface area contributed by atoms with Gasteiger partial charge in [-0.05, 0) is 35.0 Å². The minimum Gasteiger partial charge on any atom is -0.384 e. The predicted octanol–water partition coefficient (Wildman–Crippen LogP) is 1.95. The zero-order valence-corrected chi connectivity index (χ0v) is 9.47. The molecule has 2 aromatic heterocycles. The molecule has 0 bridgehead atoms. The monoisotopic (exact) mass is 269 g/mol. The second-order valence-corrected chi connectivity index (χ2v) is 3.82. The zero-order chi connectivity index (χ0) is 10.8. The maximum absolute atomic E-state index is 9.22. The van der Waals surface area contributed by atoms with Crippen molar-refractivity contribution in [1.82, 2.24) is 15.1 Å². The number of rotatable bonds is 2. The van der Waals surface area contributed by atoms with Gasteiger partial charge in [-0.3, -0.25) is 4.98 Å². The lowest BCUT2D eigenvalue weighted by Gasteiger charge is -1.95. The zero-order valence-electron chi connectivity index (χ0n) is 7.88. The summed E-state index contributed by atoms with van der Waals surface area (Å²) < 4.78 is 5.64. The van der Waals surface area contributed by atoms with Crippen LogP contribution in [0.15, 0.2) is 27.3 Å². The maximum Gasteiger partial charge on any atom is 0.255 e. The van der Waals surface area contributed by atoms with E-state index in [1.165, 1.54) is 0 Å². The van der Waals surface area contributed by atoms with Gasteiger partial charge >= 0.3 is 0 Å². The van der Waals surface area contributed by atoms with Crippen molar-refractivity contribution in [2.75, 3.05) is 0 Å². The summed E-state index contributed by atoms with van der Waals surface area (Å²) >= 11 is 3.33. The molecule has 0 aliphatic carbocycles. The van der Waals surface area contributed by atoms with Crippen LogP contribution in [0.25, 0.3) is 11.5 Å². The van der Waals surface area contributed by atoms with Gasteiger partial charge < -0.3 is 9.63 Å². The van der Waals surface area contributed by atoms with E-state index in [4.69, 9.17) is 4.52 Å². The molecule has 0 amide bonds. The second kappa shape index (κ2) is 4.08. The van der Waals surface area contributed by atoms with E-state index >= 15 is 0 Å². The Bertz CT molecular complexity index is 470. The molecule has 1 atom stereocenters. The highest BCUT2D eigenvalue weighted by Crippen LogP contribution is 2.23. The van der Waals surface area contributed by atoms with Crippen molar-refractivity contribution < 1.29 is 9.63 Å². The van der Waals surface area contributed by atoms with E-state index in [0.717, 1.165) is 4.47 Å². The van der Waals surface area contributed by atoms with Gasteiger partial charge in [-0.15, -0.1) is 0 Å². The number of hydrogen-bond acceptors (Lipinski definition) is 5. The van der Waals surface area contributed by atoms with Crippen LogP contribution in [0.4, 0.5) is 0 Å². The van der Waals surface area contributed by atoms with Gasteiger partial charge in [0.15, 0.2) is 0 Å². The second-order valence-electron chi connectivity index (χ2n) is 2.97. The van der Waals surface area contributed by atoms with Crippen LogP contribution in [0.5, 0.6) is 0 Å². The summed E-state index contributed by atoms with van der Waals surface area (Å²) in [5, 5.41) is 13.0. The Morgan fingerprint density at radius 3 is 2.93 bits per heavy atom. The van der Waals surface area contributed by atoms with E-state index in [1.807, 2.05) is 6.07 Å². The fraction of sp³-hybridized carbons (Fsp3) is 0.222. The molecule has 0 saturated heterocycles. The molecule has 1 N–H and O–H groups in total. The van der Waals surface area contributed by atoms with Crippen LogP contribution < -0.4 is 0 Å². The maximum atomic E-state index is 9.22. The number of nitrogens with zero attached hydrogens (tertiary/aromatic N) is 3. The minimum atomic E-state index is -0.770. The van der Waals surface area contributed by atoms with E-state index < -0.39 is 6.10 Å². The lowest BCUT2D eigenvalue weighted by Crippen LogP contribution is -1.91. The number of pyridine rings is 1. The minimum absolute atomic E-state index is 0.183. The first-order valence-corrected chi connectivity index (χ1v) is 5.10. The molecule has 78 valence electrons. The Morgan fingerprint density at radius 2 is 2.33 bits per heavy atom. The number of aliphatic hydroxyl groups is 1. The van der Waals surface area contributed by atoms with Crippen molar-refractivity contribution in [3.8, 4) is 11.5 Å². The van der Waals surface area contributed by atoms with Gasteiger partial charge in [-0.2, -0.15) is 4.98 Å². The summed E-state index contributed by atoms with van der Waals surface area (Å²) in [5.74, 6) is 0.543. The Morgan fingerprint density at radius 1 is 1.53 bits per heavy atom. The summed E-state index contributed by atoms with van der Waals surface area (Å²) in [6.45, 7) is 1.56. The fourth-order valence-electron chi connectivity index (χ4n) is 1.05. The van der Waals surface area contributed by atoms with E-state index in [9.17, 15) is 5.11 Å². The van der Waals surface area contributed by atoms with Crippen molar-refractivity contribution in [1.29, 1.82) is 0 Å². The lowest BCUT2D eigenvalue weighted by molar-refractivity contribution is 0.152. The Kier molecular flexibility index (Phi) is 2.79. The van der Waals surface area contributed by atoms with Crippen molar-refractivity contribution in [2.24, 2.45) is 0 Å². The van der Waals surface area contributed by atoms with Crippen molar-refractivity contribution >= 4 is 15.9 Å². The molecule has 0 fully saturated rings. The first-order chi connectivity index (χ1) is 7.18. The molecule has 0 spiro atoms. The number of aromatic nitrogens is 3. The fourth-order valence-corrected chi connectivity index (χ4v) is 1.48. The molecule has 6 heteroatoms. The molecule has 0 saturated carbocycles. The van der Waals surface area contributed by atoms with E-state index in [2.05, 4.69) is 31.1 Å². The van der Waals surface area contributed by atoms with E-state index in [0.29, 0.717) is 11.5 Å². The topological polar surface area (TPSA) is 72.0 Å². The molecular formula is C9H8BrN3O2. The predicted molar refractivity (Wildman–Crippen MR) is 55.9 cm³/mol. The number of hydrogen-bond donors (Lipinski definition) is 1. The average Bonchev–Trinajstić information content (AvgIpc) is 2.67. The van der Waals surface area contributed by atoms with Gasteiger partial charge in [0.2, 0.25) is 5.82 Å². The summed E-state index contributed by atoms with van der Waals surface area (Å²) in [7, 11) is 0. The third-order valence-corrected chi connectivity index (χ3v) is 2.41. The van der Waals surface area contributed by atoms with Gasteiger partial charge in [0.05, 0.1) is 0 Å². The van der Waals surface area contributed by atoms with Gasteiger partial charge in [0.25, 0.3) is 5.89 Å². The van der Waals surface area contributed by atoms with Crippen molar-refractivity contribution in [3.05, 3.63) is 28.7 Å². The van der Waals surface area contributed by atoms with Gasteiger partial charge in [0, 0.05) is 10.7 Å². The third-order valence-electron chi connectivity index (χ3n) is 1.77. The number of aliphatic hydroxyl groups excluding tert-OH is 1. The number of halogens is 1. The first kappa shape index (κ1) is 10.3. The average molecular weight is 270 g/mol. The Labute approximate surface area is 94.3 Å². The molecule has 5 nitrogen and oxygen atoms in total. The van der Waals surface area contributed by atoms with Crippen LogP contribution in [0.1, 0.15) is 18.9 Å². The molecule has 0 aliphatic rings. The van der Waals surface area contributed by atoms with Gasteiger partial charge in [-0.25, -0.2) is 0 Å². The largest absolute Gasteiger partial charge is 0.384 e. The van der Waals surface area contributed by atoms with Gasteiger partial charge in [0.1, 0.15) is 11.8 Å². The van der Waals surface area contributed by atoms with E-state index in [1.54, 1.807) is 19.2 Å². The normalized spacial score (nSPS) is 12.7. The summed E-state index contributed by atoms with van der Waals surface area (Å²) in [5.41, 5.74) is 0.591. The van der Waals surface area contributed by atoms with Crippen LogP contribution in [0.2, 0.25) is 0 Å². The van der Waals surface area contributed by atoms with Crippen LogP contribution in [-0.4, -0.2) is 20.2 Å². The standard InChI is InChI=1S/C9H8BrN3O2/c1-5(14)9-12-8(13-15-9)7-6(10)3-2-4-11-7/h2-5,14H,1H3. The summed E-state index contributed by atoms with van der Waals surface area (Å²) in [4.78, 5) is 8.13. The van der Waals surface area contributed by atoms with Gasteiger partial charge in [-0.1, -0.05) is 5.16 Å². The highest BCUT2D eigenvalue weighted by Gasteiger charge is 2.15. The molecule has 2 aromatic rings. The highest BCUT2D eigenvalue weighted by atomic mass is 79.9. The van der Waals surface area contributed by atoms with Crippen LogP contribution in [0, 0.1) is 0 Å². The van der Waals surface area contributed by atoms with Crippen LogP contribution >= 0.6 is 15.9 Å². The Hall–Kier alpha value is -1.27. The molecule has 15 heavy (non-hydrogen) atoms. The lowest BCUT2D eigenvalue weighted by atomic mass is 10.3. The quantitative estimate of drug-likeness (QED) is 0.902. The van der Waals surface area contributed by atoms with Crippen LogP contribution in [0.3, 0.4) is 0 Å². The third kappa shape index (κ3) is 2.05. The molecule has 0 aliphatic heterocycles. The first-order valence-electron chi connectivity index (χ1n) is 4.31. The highest BCUT2D eigenvalue weighted by molar-refractivity contribution is 9.10. The SMILES string of the molecule is CC(O)c1nc(-c2ncccc2Br)no1. The van der Waals surface area contributed by atoms with Crippen LogP contribution in [-0.2, 0) is 0 Å². The summed E-state index contributed by atoms with van der Waals surface area (Å²) in [6.07, 6.45) is 0.868. The van der Waals surface area contributed by atoms with E-state index in [-0.39, 0.29) is 5.89 Å². The van der Waals surface area contributed by atoms with Crippen molar-refractivity contribution in [2.45, 2.75) is 13.0 Å². The smallest absolute Gasteiger partial charge is 0.255 e. The Balaban J connectivity index is 2.42. The summed E-state index contributed by atoms with van der Waals surface area (Å²) in [6, 6.07) is 3.63. The molecule has 0 aromatic carbocycles. The van der Waals surface area contributed by atoms with Crippen molar-refractivity contribution in [3.63, 3.8) is 0 Å². The molecule has 1 unspecified atom stereocenters. The molecule has 2 heterocycles. The molecule has 0 radical (unpaired) electrons. The molecular weight excluding hydrogens is 262 g/mol. The molecule has 2 rings (SSSR count).